The minimum atomic E-state index is -1.05. The first-order valence-corrected chi connectivity index (χ1v) is 10.2. The zero-order valence-corrected chi connectivity index (χ0v) is 18.2. The molecule has 0 aliphatic rings. The van der Waals surface area contributed by atoms with Crippen molar-refractivity contribution in [1.29, 1.82) is 0 Å². The van der Waals surface area contributed by atoms with Gasteiger partial charge < -0.3 is 20.4 Å². The summed E-state index contributed by atoms with van der Waals surface area (Å²) in [4.78, 5) is 40.6. The quantitative estimate of drug-likeness (QED) is 0.493. The van der Waals surface area contributed by atoms with Gasteiger partial charge in [-0.15, -0.1) is 0 Å². The predicted octanol–water partition coefficient (Wildman–Crippen LogP) is 3.11. The molecule has 1 aromatic heterocycles. The number of carbonyl (C=O) groups is 3. The molecule has 0 aliphatic heterocycles. The summed E-state index contributed by atoms with van der Waals surface area (Å²) in [6.45, 7) is 4.98. The van der Waals surface area contributed by atoms with E-state index in [1.165, 1.54) is 24.3 Å². The molecule has 0 radical (unpaired) electrons. The maximum Gasteiger partial charge on any atom is 0.329 e. The zero-order chi connectivity index (χ0) is 23.3. The largest absolute Gasteiger partial charge is 0.454 e. The van der Waals surface area contributed by atoms with Gasteiger partial charge in [-0.05, 0) is 56.7 Å². The molecular weight excluding hydrogens is 413 g/mol. The molecule has 168 valence electrons. The molecule has 8 heteroatoms. The smallest absolute Gasteiger partial charge is 0.329 e. The second-order valence-corrected chi connectivity index (χ2v) is 8.50. The number of ether oxygens (including phenoxy) is 1. The summed E-state index contributed by atoms with van der Waals surface area (Å²) < 4.78 is 18.4. The highest BCUT2D eigenvalue weighted by Gasteiger charge is 2.26. The highest BCUT2D eigenvalue weighted by Crippen LogP contribution is 2.19. The Balaban J connectivity index is 1.76. The molecule has 0 saturated heterocycles. The van der Waals surface area contributed by atoms with Crippen molar-refractivity contribution < 1.29 is 23.5 Å². The number of halogens is 1. The van der Waals surface area contributed by atoms with Crippen LogP contribution in [-0.4, -0.2) is 41.0 Å². The van der Waals surface area contributed by atoms with Crippen LogP contribution in [-0.2, 0) is 20.7 Å². The first-order chi connectivity index (χ1) is 15.1. The number of aromatic nitrogens is 1. The average molecular weight is 439 g/mol. The Hall–Kier alpha value is -3.68. The summed E-state index contributed by atoms with van der Waals surface area (Å²) in [6, 6.07) is 11.5. The molecule has 32 heavy (non-hydrogen) atoms. The van der Waals surface area contributed by atoms with Gasteiger partial charge in [0.25, 0.3) is 11.8 Å². The summed E-state index contributed by atoms with van der Waals surface area (Å²) >= 11 is 0. The van der Waals surface area contributed by atoms with E-state index in [9.17, 15) is 18.8 Å². The Bertz CT molecular complexity index is 1120. The van der Waals surface area contributed by atoms with Crippen LogP contribution in [0, 0.1) is 5.82 Å². The number of benzene rings is 2. The lowest BCUT2D eigenvalue weighted by Crippen LogP contribution is -2.46. The Morgan fingerprint density at radius 2 is 1.75 bits per heavy atom. The predicted molar refractivity (Wildman–Crippen MR) is 119 cm³/mol. The lowest BCUT2D eigenvalue weighted by atomic mass is 10.0. The van der Waals surface area contributed by atoms with Gasteiger partial charge in [0.2, 0.25) is 0 Å². The lowest BCUT2D eigenvalue weighted by Gasteiger charge is -2.21. The molecular formula is C24H26FN3O4. The number of amides is 2. The van der Waals surface area contributed by atoms with E-state index in [2.05, 4.69) is 15.6 Å². The molecule has 0 aliphatic carbocycles. The molecule has 0 saturated carbocycles. The number of H-pyrrole nitrogens is 1. The third kappa shape index (κ3) is 6.16. The molecule has 1 heterocycles. The summed E-state index contributed by atoms with van der Waals surface area (Å²) in [5.74, 6) is -2.21. The molecule has 3 aromatic rings. The lowest BCUT2D eigenvalue weighted by molar-refractivity contribution is -0.150. The Morgan fingerprint density at radius 1 is 1.06 bits per heavy atom. The van der Waals surface area contributed by atoms with Crippen LogP contribution in [0.15, 0.2) is 54.7 Å². The molecule has 7 nitrogen and oxygen atoms in total. The third-order valence-corrected chi connectivity index (χ3v) is 4.66. The fourth-order valence-corrected chi connectivity index (χ4v) is 3.25. The summed E-state index contributed by atoms with van der Waals surface area (Å²) in [5.41, 5.74) is 1.43. The van der Waals surface area contributed by atoms with E-state index < -0.39 is 41.8 Å². The highest BCUT2D eigenvalue weighted by molar-refractivity contribution is 5.97. The number of para-hydroxylation sites is 1. The molecule has 2 amide bonds. The van der Waals surface area contributed by atoms with Crippen molar-refractivity contribution in [3.05, 3.63) is 71.7 Å². The zero-order valence-electron chi connectivity index (χ0n) is 18.2. The standard InChI is InChI=1S/C24H26FN3O4/c1-24(2,3)28-21(29)14-32-23(31)20(27-22(30)15-8-10-17(25)11-9-15)12-16-13-26-19-7-5-4-6-18(16)19/h4-11,13,20,26H,12,14H2,1-3H3,(H,27,30)(H,28,29)/t20-/m0/s1. The number of rotatable bonds is 7. The number of nitrogens with one attached hydrogen (secondary N) is 3. The van der Waals surface area contributed by atoms with Crippen LogP contribution in [0.5, 0.6) is 0 Å². The highest BCUT2D eigenvalue weighted by atomic mass is 19.1. The first-order valence-electron chi connectivity index (χ1n) is 10.2. The van der Waals surface area contributed by atoms with Crippen LogP contribution in [0.25, 0.3) is 10.9 Å². The van der Waals surface area contributed by atoms with Crippen molar-refractivity contribution in [1.82, 2.24) is 15.6 Å². The second kappa shape index (κ2) is 9.64. The van der Waals surface area contributed by atoms with Crippen LogP contribution >= 0.6 is 0 Å². The van der Waals surface area contributed by atoms with Crippen molar-refractivity contribution in [3.8, 4) is 0 Å². The molecule has 0 unspecified atom stereocenters. The number of carbonyl (C=O) groups excluding carboxylic acids is 3. The second-order valence-electron chi connectivity index (χ2n) is 8.50. The van der Waals surface area contributed by atoms with Crippen molar-refractivity contribution in [3.63, 3.8) is 0 Å². The van der Waals surface area contributed by atoms with Gasteiger partial charge in [-0.25, -0.2) is 9.18 Å². The van der Waals surface area contributed by atoms with Crippen LogP contribution in [0.2, 0.25) is 0 Å². The number of aromatic amines is 1. The van der Waals surface area contributed by atoms with Crippen molar-refractivity contribution >= 4 is 28.7 Å². The molecule has 0 spiro atoms. The topological polar surface area (TPSA) is 100 Å². The SMILES string of the molecule is CC(C)(C)NC(=O)COC(=O)[C@H](Cc1c[nH]c2ccccc12)NC(=O)c1ccc(F)cc1. The monoisotopic (exact) mass is 439 g/mol. The maximum absolute atomic E-state index is 13.2. The third-order valence-electron chi connectivity index (χ3n) is 4.66. The van der Waals surface area contributed by atoms with Crippen molar-refractivity contribution in [2.24, 2.45) is 0 Å². The number of esters is 1. The van der Waals surface area contributed by atoms with E-state index in [1.807, 2.05) is 45.0 Å². The molecule has 0 fully saturated rings. The summed E-state index contributed by atoms with van der Waals surface area (Å²) in [5, 5.41) is 6.27. The van der Waals surface area contributed by atoms with E-state index in [0.717, 1.165) is 16.5 Å². The number of hydrogen-bond donors (Lipinski definition) is 3. The van der Waals surface area contributed by atoms with Gasteiger partial charge in [-0.1, -0.05) is 18.2 Å². The van der Waals surface area contributed by atoms with Gasteiger partial charge in [0, 0.05) is 34.6 Å². The van der Waals surface area contributed by atoms with Gasteiger partial charge in [0.1, 0.15) is 11.9 Å². The van der Waals surface area contributed by atoms with Crippen LogP contribution in [0.3, 0.4) is 0 Å². The Morgan fingerprint density at radius 3 is 2.44 bits per heavy atom. The fraction of sp³-hybridized carbons (Fsp3) is 0.292. The average Bonchev–Trinajstić information content (AvgIpc) is 3.13. The molecule has 3 N–H and O–H groups in total. The van der Waals surface area contributed by atoms with Gasteiger partial charge in [0.15, 0.2) is 6.61 Å². The number of hydrogen-bond acceptors (Lipinski definition) is 4. The van der Waals surface area contributed by atoms with Gasteiger partial charge in [-0.2, -0.15) is 0 Å². The maximum atomic E-state index is 13.2. The van der Waals surface area contributed by atoms with Crippen LogP contribution in [0.1, 0.15) is 36.7 Å². The first kappa shape index (κ1) is 23.0. The molecule has 2 aromatic carbocycles. The molecule has 3 rings (SSSR count). The van der Waals surface area contributed by atoms with Crippen LogP contribution in [0.4, 0.5) is 4.39 Å². The van der Waals surface area contributed by atoms with Crippen LogP contribution < -0.4 is 10.6 Å². The van der Waals surface area contributed by atoms with E-state index >= 15 is 0 Å². The van der Waals surface area contributed by atoms with Gasteiger partial charge >= 0.3 is 5.97 Å². The van der Waals surface area contributed by atoms with E-state index in [4.69, 9.17) is 4.74 Å². The Labute approximate surface area is 185 Å². The molecule has 0 bridgehead atoms. The molecule has 1 atom stereocenters. The van der Waals surface area contributed by atoms with Gasteiger partial charge in [-0.3, -0.25) is 9.59 Å². The minimum Gasteiger partial charge on any atom is -0.454 e. The van der Waals surface area contributed by atoms with E-state index in [0.29, 0.717) is 0 Å². The van der Waals surface area contributed by atoms with E-state index in [-0.39, 0.29) is 12.0 Å². The Kier molecular flexibility index (Phi) is 6.92. The fourth-order valence-electron chi connectivity index (χ4n) is 3.25. The normalized spacial score (nSPS) is 12.2. The van der Waals surface area contributed by atoms with Crippen molar-refractivity contribution in [2.45, 2.75) is 38.8 Å². The number of fused-ring (bicyclic) bond motifs is 1. The van der Waals surface area contributed by atoms with Crippen molar-refractivity contribution in [2.75, 3.05) is 6.61 Å². The minimum absolute atomic E-state index is 0.149. The van der Waals surface area contributed by atoms with E-state index in [1.54, 1.807) is 6.20 Å². The summed E-state index contributed by atoms with van der Waals surface area (Å²) in [6.07, 6.45) is 1.91. The summed E-state index contributed by atoms with van der Waals surface area (Å²) in [7, 11) is 0. The van der Waals surface area contributed by atoms with Gasteiger partial charge in [0.05, 0.1) is 0 Å².